The van der Waals surface area contributed by atoms with Gasteiger partial charge in [0.15, 0.2) is 5.79 Å². The highest BCUT2D eigenvalue weighted by Crippen LogP contribution is 2.25. The third kappa shape index (κ3) is 8.26. The monoisotopic (exact) mass is 188 g/mol. The third-order valence-electron chi connectivity index (χ3n) is 1.10. The Morgan fingerprint density at radius 2 is 0.769 bits per heavy atom. The molecule has 0 aromatic heterocycles. The molecule has 0 fully saturated rings. The lowest BCUT2D eigenvalue weighted by molar-refractivity contribution is -0.291. The molecule has 0 spiro atoms. The zero-order valence-corrected chi connectivity index (χ0v) is 10.3. The van der Waals surface area contributed by atoms with Gasteiger partial charge in [-0.2, -0.15) is 0 Å². The van der Waals surface area contributed by atoms with Crippen molar-refractivity contribution in [1.29, 1.82) is 0 Å². The molecular formula is C11H24O2. The van der Waals surface area contributed by atoms with Crippen molar-refractivity contribution in [3.63, 3.8) is 0 Å². The minimum Gasteiger partial charge on any atom is -0.345 e. The zero-order valence-electron chi connectivity index (χ0n) is 10.3. The number of hydrogen-bond acceptors (Lipinski definition) is 2. The summed E-state index contributed by atoms with van der Waals surface area (Å²) in [7, 11) is 0. The standard InChI is InChI=1S/C11H24O2/c1-9(2,3)12-11(7,8)13-10(4,5)6/h1-8H3. The molecule has 0 atom stereocenters. The fourth-order valence-electron chi connectivity index (χ4n) is 1.50. The van der Waals surface area contributed by atoms with Gasteiger partial charge in [0.1, 0.15) is 0 Å². The molecule has 0 heterocycles. The molecule has 2 nitrogen and oxygen atoms in total. The van der Waals surface area contributed by atoms with E-state index in [-0.39, 0.29) is 11.2 Å². The van der Waals surface area contributed by atoms with Crippen molar-refractivity contribution in [3.8, 4) is 0 Å². The van der Waals surface area contributed by atoms with Crippen LogP contribution in [0.25, 0.3) is 0 Å². The molecule has 80 valence electrons. The quantitative estimate of drug-likeness (QED) is 0.619. The van der Waals surface area contributed by atoms with Crippen molar-refractivity contribution in [2.45, 2.75) is 72.4 Å². The van der Waals surface area contributed by atoms with Crippen LogP contribution in [0, 0.1) is 0 Å². The SMILES string of the molecule is CC(C)(C)OC(C)(C)OC(C)(C)C. The van der Waals surface area contributed by atoms with Crippen LogP contribution in [0.4, 0.5) is 0 Å². The smallest absolute Gasteiger partial charge is 0.164 e. The summed E-state index contributed by atoms with van der Waals surface area (Å²) in [6, 6.07) is 0. The molecule has 0 bridgehead atoms. The van der Waals surface area contributed by atoms with Gasteiger partial charge in [-0.3, -0.25) is 0 Å². The maximum Gasteiger partial charge on any atom is 0.164 e. The van der Waals surface area contributed by atoms with Crippen molar-refractivity contribution < 1.29 is 9.47 Å². The van der Waals surface area contributed by atoms with Gasteiger partial charge in [0, 0.05) is 0 Å². The second-order valence-corrected chi connectivity index (χ2v) is 5.83. The summed E-state index contributed by atoms with van der Waals surface area (Å²) < 4.78 is 11.6. The van der Waals surface area contributed by atoms with Crippen molar-refractivity contribution in [2.75, 3.05) is 0 Å². The van der Waals surface area contributed by atoms with Gasteiger partial charge >= 0.3 is 0 Å². The topological polar surface area (TPSA) is 18.5 Å². The van der Waals surface area contributed by atoms with Gasteiger partial charge in [-0.1, -0.05) is 0 Å². The maximum absolute atomic E-state index is 5.78. The highest BCUT2D eigenvalue weighted by molar-refractivity contribution is 4.70. The molecular weight excluding hydrogens is 164 g/mol. The van der Waals surface area contributed by atoms with Crippen LogP contribution in [0.3, 0.4) is 0 Å². The minimum atomic E-state index is -0.531. The van der Waals surface area contributed by atoms with Crippen molar-refractivity contribution >= 4 is 0 Å². The Morgan fingerprint density at radius 3 is 0.923 bits per heavy atom. The van der Waals surface area contributed by atoms with E-state index < -0.39 is 5.79 Å². The van der Waals surface area contributed by atoms with E-state index in [1.807, 2.05) is 55.4 Å². The summed E-state index contributed by atoms with van der Waals surface area (Å²) in [6.45, 7) is 16.1. The Morgan fingerprint density at radius 1 is 0.538 bits per heavy atom. The second kappa shape index (κ2) is 3.58. The van der Waals surface area contributed by atoms with Gasteiger partial charge in [-0.05, 0) is 55.4 Å². The fourth-order valence-corrected chi connectivity index (χ4v) is 1.50. The average Bonchev–Trinajstić information content (AvgIpc) is 1.43. The average molecular weight is 188 g/mol. The first kappa shape index (κ1) is 12.9. The highest BCUT2D eigenvalue weighted by atomic mass is 16.7. The van der Waals surface area contributed by atoms with Crippen LogP contribution in [-0.4, -0.2) is 17.0 Å². The van der Waals surface area contributed by atoms with Crippen LogP contribution in [0.1, 0.15) is 55.4 Å². The van der Waals surface area contributed by atoms with E-state index in [1.165, 1.54) is 0 Å². The van der Waals surface area contributed by atoms with Crippen LogP contribution in [0.15, 0.2) is 0 Å². The molecule has 0 aliphatic carbocycles. The molecule has 0 amide bonds. The summed E-state index contributed by atoms with van der Waals surface area (Å²) >= 11 is 0. The van der Waals surface area contributed by atoms with E-state index >= 15 is 0 Å². The number of hydrogen-bond donors (Lipinski definition) is 0. The van der Waals surface area contributed by atoms with Crippen LogP contribution >= 0.6 is 0 Å². The van der Waals surface area contributed by atoms with E-state index in [0.29, 0.717) is 0 Å². The van der Waals surface area contributed by atoms with Crippen LogP contribution in [-0.2, 0) is 9.47 Å². The van der Waals surface area contributed by atoms with E-state index in [0.717, 1.165) is 0 Å². The summed E-state index contributed by atoms with van der Waals surface area (Å²) in [5.41, 5.74) is -0.344. The van der Waals surface area contributed by atoms with E-state index in [4.69, 9.17) is 9.47 Å². The molecule has 0 unspecified atom stereocenters. The number of rotatable bonds is 2. The third-order valence-corrected chi connectivity index (χ3v) is 1.10. The molecule has 0 aromatic rings. The minimum absolute atomic E-state index is 0.172. The van der Waals surface area contributed by atoms with Crippen LogP contribution in [0.2, 0.25) is 0 Å². The lowest BCUT2D eigenvalue weighted by atomic mass is 10.1. The Bertz CT molecular complexity index is 140. The molecule has 0 aliphatic heterocycles. The van der Waals surface area contributed by atoms with E-state index in [1.54, 1.807) is 0 Å². The van der Waals surface area contributed by atoms with Crippen molar-refractivity contribution in [3.05, 3.63) is 0 Å². The highest BCUT2D eigenvalue weighted by Gasteiger charge is 2.30. The van der Waals surface area contributed by atoms with E-state index in [9.17, 15) is 0 Å². The summed E-state index contributed by atoms with van der Waals surface area (Å²) in [5.74, 6) is -0.531. The largest absolute Gasteiger partial charge is 0.345 e. The molecule has 0 aromatic carbocycles. The lowest BCUT2D eigenvalue weighted by Crippen LogP contribution is -2.42. The van der Waals surface area contributed by atoms with Gasteiger partial charge in [-0.25, -0.2) is 0 Å². The predicted octanol–water partition coefficient (Wildman–Crippen LogP) is 3.35. The first-order valence-electron chi connectivity index (χ1n) is 4.82. The molecule has 0 aliphatic rings. The first-order chi connectivity index (χ1) is 5.41. The Kier molecular flexibility index (Phi) is 3.56. The van der Waals surface area contributed by atoms with Crippen LogP contribution < -0.4 is 0 Å². The predicted molar refractivity (Wildman–Crippen MR) is 55.8 cm³/mol. The molecule has 0 rings (SSSR count). The van der Waals surface area contributed by atoms with Gasteiger partial charge < -0.3 is 9.47 Å². The summed E-state index contributed by atoms with van der Waals surface area (Å²) in [5, 5.41) is 0. The van der Waals surface area contributed by atoms with Crippen molar-refractivity contribution in [2.24, 2.45) is 0 Å². The Balaban J connectivity index is 4.25. The van der Waals surface area contributed by atoms with Gasteiger partial charge in [0.05, 0.1) is 11.2 Å². The van der Waals surface area contributed by atoms with Gasteiger partial charge in [-0.15, -0.1) is 0 Å². The van der Waals surface area contributed by atoms with Gasteiger partial charge in [0.2, 0.25) is 0 Å². The maximum atomic E-state index is 5.78. The van der Waals surface area contributed by atoms with Crippen molar-refractivity contribution in [1.82, 2.24) is 0 Å². The Labute approximate surface area is 82.6 Å². The molecule has 0 radical (unpaired) electrons. The number of ether oxygens (including phenoxy) is 2. The fraction of sp³-hybridized carbons (Fsp3) is 1.00. The Hall–Kier alpha value is -0.0800. The van der Waals surface area contributed by atoms with E-state index in [2.05, 4.69) is 0 Å². The molecule has 2 heteroatoms. The van der Waals surface area contributed by atoms with Crippen LogP contribution in [0.5, 0.6) is 0 Å². The zero-order chi connectivity index (χ0) is 10.9. The molecule has 0 saturated heterocycles. The second-order valence-electron chi connectivity index (χ2n) is 5.83. The molecule has 0 saturated carbocycles. The lowest BCUT2D eigenvalue weighted by Gasteiger charge is -2.38. The first-order valence-corrected chi connectivity index (χ1v) is 4.82. The summed E-state index contributed by atoms with van der Waals surface area (Å²) in [4.78, 5) is 0. The molecule has 13 heavy (non-hydrogen) atoms. The molecule has 0 N–H and O–H groups in total. The van der Waals surface area contributed by atoms with Gasteiger partial charge in [0.25, 0.3) is 0 Å². The normalized spacial score (nSPS) is 14.8. The summed E-state index contributed by atoms with van der Waals surface area (Å²) in [6.07, 6.45) is 0.